The van der Waals surface area contributed by atoms with Crippen LogP contribution in [0.3, 0.4) is 0 Å². The molecule has 6 heteroatoms. The Bertz CT molecular complexity index is 2440. The number of rotatable bonds is 4. The summed E-state index contributed by atoms with van der Waals surface area (Å²) < 4.78 is 4.54. The SMILES string of the molecule is c1ccc(-c2nc(-c3cc(-c4cccnc4)cc(-n4c5ccccc5c5cccnc54)c3)nc3c2sc2ccccc23)cc1. The molecule has 0 bridgehead atoms. The highest BCUT2D eigenvalue weighted by atomic mass is 32.1. The molecule has 5 nitrogen and oxygen atoms in total. The highest BCUT2D eigenvalue weighted by Crippen LogP contribution is 2.40. The van der Waals surface area contributed by atoms with Gasteiger partial charge in [0, 0.05) is 61.8 Å². The highest BCUT2D eigenvalue weighted by Gasteiger charge is 2.19. The summed E-state index contributed by atoms with van der Waals surface area (Å²) in [6, 6.07) is 42.1. The molecule has 0 amide bonds. The van der Waals surface area contributed by atoms with Crippen LogP contribution in [0.15, 0.2) is 140 Å². The minimum Gasteiger partial charge on any atom is -0.294 e. The molecule has 0 aliphatic carbocycles. The number of hydrogen-bond donors (Lipinski definition) is 0. The van der Waals surface area contributed by atoms with Gasteiger partial charge < -0.3 is 0 Å². The Kier molecular flexibility index (Phi) is 5.61. The average molecular weight is 582 g/mol. The summed E-state index contributed by atoms with van der Waals surface area (Å²) in [5.74, 6) is 0.681. The van der Waals surface area contributed by atoms with Gasteiger partial charge in [0.15, 0.2) is 5.82 Å². The summed E-state index contributed by atoms with van der Waals surface area (Å²) in [5.41, 5.74) is 8.97. The second kappa shape index (κ2) is 9.93. The normalized spacial score (nSPS) is 11.6. The second-order valence-electron chi connectivity index (χ2n) is 10.8. The maximum Gasteiger partial charge on any atom is 0.160 e. The minimum atomic E-state index is 0.681. The van der Waals surface area contributed by atoms with Gasteiger partial charge in [-0.1, -0.05) is 72.8 Å². The Hall–Kier alpha value is -5.72. The Morgan fingerprint density at radius 3 is 2.20 bits per heavy atom. The molecule has 0 saturated heterocycles. The fourth-order valence-corrected chi connectivity index (χ4v) is 7.29. The van der Waals surface area contributed by atoms with Crippen LogP contribution in [0.1, 0.15) is 0 Å². The van der Waals surface area contributed by atoms with E-state index in [1.54, 1.807) is 17.5 Å². The second-order valence-corrected chi connectivity index (χ2v) is 11.8. The number of benzene rings is 4. The Balaban J connectivity index is 1.37. The first-order chi connectivity index (χ1) is 21.8. The van der Waals surface area contributed by atoms with Crippen LogP contribution in [0.25, 0.3) is 81.7 Å². The summed E-state index contributed by atoms with van der Waals surface area (Å²) >= 11 is 1.75. The van der Waals surface area contributed by atoms with Crippen molar-refractivity contribution in [2.24, 2.45) is 0 Å². The lowest BCUT2D eigenvalue weighted by molar-refractivity contribution is 1.13. The van der Waals surface area contributed by atoms with Gasteiger partial charge in [-0.15, -0.1) is 11.3 Å². The third-order valence-corrected chi connectivity index (χ3v) is 9.30. The molecule has 5 aromatic heterocycles. The average Bonchev–Trinajstić information content (AvgIpc) is 3.64. The van der Waals surface area contributed by atoms with Crippen molar-refractivity contribution in [1.82, 2.24) is 24.5 Å². The third kappa shape index (κ3) is 3.92. The Labute approximate surface area is 256 Å². The van der Waals surface area contributed by atoms with Crippen LogP contribution in [0.2, 0.25) is 0 Å². The monoisotopic (exact) mass is 581 g/mol. The summed E-state index contributed by atoms with van der Waals surface area (Å²) in [7, 11) is 0. The van der Waals surface area contributed by atoms with E-state index in [4.69, 9.17) is 15.0 Å². The number of fused-ring (bicyclic) bond motifs is 6. The van der Waals surface area contributed by atoms with Gasteiger partial charge in [-0.2, -0.15) is 0 Å². The first-order valence-electron chi connectivity index (χ1n) is 14.5. The lowest BCUT2D eigenvalue weighted by atomic mass is 10.0. The van der Waals surface area contributed by atoms with Crippen molar-refractivity contribution >= 4 is 53.6 Å². The molecule has 0 N–H and O–H groups in total. The van der Waals surface area contributed by atoms with Crippen LogP contribution >= 0.6 is 11.3 Å². The Morgan fingerprint density at radius 2 is 1.32 bits per heavy atom. The molecule has 0 saturated carbocycles. The predicted octanol–water partition coefficient (Wildman–Crippen LogP) is 9.73. The molecule has 206 valence electrons. The lowest BCUT2D eigenvalue weighted by Crippen LogP contribution is -1.99. The first kappa shape index (κ1) is 24.8. The van der Waals surface area contributed by atoms with Crippen molar-refractivity contribution in [3.8, 4) is 39.5 Å². The quantitative estimate of drug-likeness (QED) is 0.208. The molecule has 0 radical (unpaired) electrons. The summed E-state index contributed by atoms with van der Waals surface area (Å²) in [6.45, 7) is 0. The summed E-state index contributed by atoms with van der Waals surface area (Å²) in [4.78, 5) is 19.8. The van der Waals surface area contributed by atoms with Crippen molar-refractivity contribution in [2.75, 3.05) is 0 Å². The summed E-state index contributed by atoms with van der Waals surface area (Å²) in [5, 5.41) is 3.42. The van der Waals surface area contributed by atoms with Gasteiger partial charge in [0.1, 0.15) is 5.65 Å². The number of hydrogen-bond acceptors (Lipinski definition) is 5. The third-order valence-electron chi connectivity index (χ3n) is 8.13. The van der Waals surface area contributed by atoms with Gasteiger partial charge >= 0.3 is 0 Å². The van der Waals surface area contributed by atoms with E-state index in [2.05, 4.69) is 113 Å². The van der Waals surface area contributed by atoms with Crippen molar-refractivity contribution in [1.29, 1.82) is 0 Å². The topological polar surface area (TPSA) is 56.5 Å². The van der Waals surface area contributed by atoms with Gasteiger partial charge in [-0.05, 0) is 54.1 Å². The molecule has 0 spiro atoms. The number of pyridine rings is 2. The van der Waals surface area contributed by atoms with Crippen LogP contribution < -0.4 is 0 Å². The van der Waals surface area contributed by atoms with Gasteiger partial charge in [0.2, 0.25) is 0 Å². The van der Waals surface area contributed by atoms with E-state index in [0.717, 1.165) is 71.2 Å². The minimum absolute atomic E-state index is 0.681. The predicted molar refractivity (Wildman–Crippen MR) is 181 cm³/mol. The molecule has 0 unspecified atom stereocenters. The molecule has 5 heterocycles. The van der Waals surface area contributed by atoms with Gasteiger partial charge in [-0.25, -0.2) is 15.0 Å². The molecule has 44 heavy (non-hydrogen) atoms. The van der Waals surface area contributed by atoms with E-state index in [9.17, 15) is 0 Å². The molecule has 9 aromatic rings. The van der Waals surface area contributed by atoms with Gasteiger partial charge in [0.05, 0.1) is 21.4 Å². The van der Waals surface area contributed by atoms with Crippen LogP contribution in [-0.4, -0.2) is 24.5 Å². The van der Waals surface area contributed by atoms with E-state index in [1.165, 1.54) is 4.70 Å². The molecule has 0 aliphatic rings. The van der Waals surface area contributed by atoms with Gasteiger partial charge in [-0.3, -0.25) is 9.55 Å². The van der Waals surface area contributed by atoms with Gasteiger partial charge in [0.25, 0.3) is 0 Å². The summed E-state index contributed by atoms with van der Waals surface area (Å²) in [6.07, 6.45) is 5.56. The zero-order valence-electron chi connectivity index (χ0n) is 23.4. The maximum atomic E-state index is 5.28. The molecule has 4 aromatic carbocycles. The van der Waals surface area contributed by atoms with Crippen molar-refractivity contribution in [3.05, 3.63) is 140 Å². The van der Waals surface area contributed by atoms with Crippen LogP contribution in [0.5, 0.6) is 0 Å². The van der Waals surface area contributed by atoms with E-state index in [-0.39, 0.29) is 0 Å². The van der Waals surface area contributed by atoms with Crippen molar-refractivity contribution in [2.45, 2.75) is 0 Å². The van der Waals surface area contributed by atoms with E-state index in [1.807, 2.05) is 30.6 Å². The lowest BCUT2D eigenvalue weighted by Gasteiger charge is -2.13. The standard InChI is InChI=1S/C38H23N5S/c1-2-10-24(11-3-1)34-36-35(31-14-5-7-17-33(31)44-36)42-37(41-34)27-20-26(25-12-8-18-39-23-25)21-28(22-27)43-32-16-6-4-13-29(32)30-15-9-19-40-38(30)43/h1-23H. The fraction of sp³-hybridized carbons (Fsp3) is 0. The zero-order chi connectivity index (χ0) is 29.0. The number of para-hydroxylation sites is 1. The van der Waals surface area contributed by atoms with E-state index < -0.39 is 0 Å². The largest absolute Gasteiger partial charge is 0.294 e. The molecule has 0 fully saturated rings. The molecular formula is C38H23N5S. The van der Waals surface area contributed by atoms with Crippen LogP contribution in [0.4, 0.5) is 0 Å². The fourth-order valence-electron chi connectivity index (χ4n) is 6.14. The molecular weight excluding hydrogens is 559 g/mol. The van der Waals surface area contributed by atoms with Crippen LogP contribution in [0, 0.1) is 0 Å². The number of nitrogens with zero attached hydrogens (tertiary/aromatic N) is 5. The zero-order valence-corrected chi connectivity index (χ0v) is 24.2. The first-order valence-corrected chi connectivity index (χ1v) is 15.3. The smallest absolute Gasteiger partial charge is 0.160 e. The number of thiophene rings is 1. The molecule has 0 aliphatic heterocycles. The number of aromatic nitrogens is 5. The highest BCUT2D eigenvalue weighted by molar-refractivity contribution is 7.26. The van der Waals surface area contributed by atoms with Crippen molar-refractivity contribution in [3.63, 3.8) is 0 Å². The molecule has 0 atom stereocenters. The van der Waals surface area contributed by atoms with Crippen molar-refractivity contribution < 1.29 is 0 Å². The maximum absolute atomic E-state index is 5.28. The van der Waals surface area contributed by atoms with E-state index in [0.29, 0.717) is 5.82 Å². The Morgan fingerprint density at radius 1 is 0.568 bits per heavy atom. The van der Waals surface area contributed by atoms with E-state index >= 15 is 0 Å². The van der Waals surface area contributed by atoms with Crippen LogP contribution in [-0.2, 0) is 0 Å². The molecule has 9 rings (SSSR count).